The van der Waals surface area contributed by atoms with E-state index in [0.29, 0.717) is 15.8 Å². The zero-order valence-corrected chi connectivity index (χ0v) is 14.8. The van der Waals surface area contributed by atoms with Gasteiger partial charge in [0.25, 0.3) is 0 Å². The molecular weight excluding hydrogens is 338 g/mol. The van der Waals surface area contributed by atoms with Crippen molar-refractivity contribution in [1.82, 2.24) is 5.32 Å². The van der Waals surface area contributed by atoms with E-state index in [1.807, 2.05) is 19.9 Å². The third-order valence-corrected chi connectivity index (χ3v) is 6.84. The van der Waals surface area contributed by atoms with Gasteiger partial charge in [-0.05, 0) is 47.4 Å². The fourth-order valence-electron chi connectivity index (χ4n) is 2.55. The Hall–Kier alpha value is -0.390. The number of halogens is 1. The van der Waals surface area contributed by atoms with Crippen LogP contribution in [-0.2, 0) is 9.84 Å². The van der Waals surface area contributed by atoms with E-state index in [-0.39, 0.29) is 11.3 Å². The molecule has 0 bridgehead atoms. The largest absolute Gasteiger partial charge is 0.313 e. The molecule has 1 N–H and O–H groups in total. The molecule has 0 saturated carbocycles. The van der Waals surface area contributed by atoms with Crippen molar-refractivity contribution < 1.29 is 8.42 Å². The Kier molecular flexibility index (Phi) is 7.20. The standard InChI is InChI=1S/C15H24BrNO2S/c1-4-9-13(17-6-3)14(5-2)20(18,19)15-11-8-7-10-12(15)16/h7-8,10-11,13-14,17H,4-6,9H2,1-3H3. The van der Waals surface area contributed by atoms with Crippen LogP contribution in [0.25, 0.3) is 0 Å². The second-order valence-corrected chi connectivity index (χ2v) is 7.86. The maximum atomic E-state index is 12.9. The zero-order valence-electron chi connectivity index (χ0n) is 12.4. The van der Waals surface area contributed by atoms with Crippen molar-refractivity contribution in [3.05, 3.63) is 28.7 Å². The Morgan fingerprint density at radius 2 is 1.85 bits per heavy atom. The summed E-state index contributed by atoms with van der Waals surface area (Å²) in [5, 5.41) is 2.95. The maximum absolute atomic E-state index is 12.9. The van der Waals surface area contributed by atoms with Crippen molar-refractivity contribution in [3.63, 3.8) is 0 Å². The van der Waals surface area contributed by atoms with Crippen LogP contribution in [0.4, 0.5) is 0 Å². The minimum Gasteiger partial charge on any atom is -0.313 e. The van der Waals surface area contributed by atoms with Gasteiger partial charge in [0.05, 0.1) is 10.1 Å². The summed E-state index contributed by atoms with van der Waals surface area (Å²) >= 11 is 3.36. The fourth-order valence-corrected chi connectivity index (χ4v) is 5.55. The fraction of sp³-hybridized carbons (Fsp3) is 0.600. The smallest absolute Gasteiger partial charge is 0.183 e. The summed E-state index contributed by atoms with van der Waals surface area (Å²) in [7, 11) is -3.33. The van der Waals surface area contributed by atoms with Gasteiger partial charge in [-0.2, -0.15) is 0 Å². The molecule has 0 radical (unpaired) electrons. The van der Waals surface area contributed by atoms with Crippen molar-refractivity contribution in [3.8, 4) is 0 Å². The first-order valence-corrected chi connectivity index (χ1v) is 9.54. The molecule has 0 aliphatic rings. The minimum atomic E-state index is -3.33. The molecule has 114 valence electrons. The van der Waals surface area contributed by atoms with E-state index in [0.717, 1.165) is 19.4 Å². The Balaban J connectivity index is 3.18. The highest BCUT2D eigenvalue weighted by atomic mass is 79.9. The van der Waals surface area contributed by atoms with E-state index >= 15 is 0 Å². The molecule has 20 heavy (non-hydrogen) atoms. The Morgan fingerprint density at radius 3 is 2.35 bits per heavy atom. The summed E-state index contributed by atoms with van der Waals surface area (Å²) in [6.07, 6.45) is 2.46. The summed E-state index contributed by atoms with van der Waals surface area (Å²) in [6.45, 7) is 6.83. The van der Waals surface area contributed by atoms with E-state index < -0.39 is 9.84 Å². The average Bonchev–Trinajstić information content (AvgIpc) is 2.40. The highest BCUT2D eigenvalue weighted by Gasteiger charge is 2.33. The van der Waals surface area contributed by atoms with Crippen molar-refractivity contribution in [1.29, 1.82) is 0 Å². The van der Waals surface area contributed by atoms with Crippen molar-refractivity contribution in [2.75, 3.05) is 6.54 Å². The lowest BCUT2D eigenvalue weighted by atomic mass is 10.1. The lowest BCUT2D eigenvalue weighted by Gasteiger charge is -2.27. The van der Waals surface area contributed by atoms with E-state index in [9.17, 15) is 8.42 Å². The van der Waals surface area contributed by atoms with Gasteiger partial charge in [0.1, 0.15) is 0 Å². The first-order valence-electron chi connectivity index (χ1n) is 7.20. The molecule has 2 unspecified atom stereocenters. The molecular formula is C15H24BrNO2S. The van der Waals surface area contributed by atoms with Gasteiger partial charge in [0.15, 0.2) is 9.84 Å². The van der Waals surface area contributed by atoms with Gasteiger partial charge in [-0.15, -0.1) is 0 Å². The first-order chi connectivity index (χ1) is 9.48. The van der Waals surface area contributed by atoms with Crippen LogP contribution in [0, 0.1) is 0 Å². The summed E-state index contributed by atoms with van der Waals surface area (Å²) in [5.74, 6) is 0. The van der Waals surface area contributed by atoms with Crippen molar-refractivity contribution >= 4 is 25.8 Å². The molecule has 1 aromatic carbocycles. The monoisotopic (exact) mass is 361 g/mol. The average molecular weight is 362 g/mol. The Morgan fingerprint density at radius 1 is 1.20 bits per heavy atom. The molecule has 0 aromatic heterocycles. The highest BCUT2D eigenvalue weighted by molar-refractivity contribution is 9.10. The first kappa shape index (κ1) is 17.7. The molecule has 2 atom stereocenters. The van der Waals surface area contributed by atoms with Crippen LogP contribution >= 0.6 is 15.9 Å². The third kappa shape index (κ3) is 4.06. The summed E-state index contributed by atoms with van der Waals surface area (Å²) < 4.78 is 26.5. The maximum Gasteiger partial charge on any atom is 0.183 e. The van der Waals surface area contributed by atoms with Crippen LogP contribution in [0.1, 0.15) is 40.0 Å². The van der Waals surface area contributed by atoms with Crippen LogP contribution in [-0.4, -0.2) is 26.3 Å². The summed E-state index contributed by atoms with van der Waals surface area (Å²) in [6, 6.07) is 7.07. The van der Waals surface area contributed by atoms with Crippen LogP contribution in [0.15, 0.2) is 33.6 Å². The third-order valence-electron chi connectivity index (χ3n) is 3.46. The molecule has 0 saturated heterocycles. The molecule has 0 aliphatic carbocycles. The van der Waals surface area contributed by atoms with Gasteiger partial charge in [0, 0.05) is 10.5 Å². The van der Waals surface area contributed by atoms with Gasteiger partial charge >= 0.3 is 0 Å². The van der Waals surface area contributed by atoms with Gasteiger partial charge < -0.3 is 5.32 Å². The number of sulfone groups is 1. The van der Waals surface area contributed by atoms with Crippen LogP contribution in [0.3, 0.4) is 0 Å². The quantitative estimate of drug-likeness (QED) is 0.766. The van der Waals surface area contributed by atoms with E-state index in [2.05, 4.69) is 28.2 Å². The van der Waals surface area contributed by atoms with Gasteiger partial charge in [-0.25, -0.2) is 8.42 Å². The number of hydrogen-bond acceptors (Lipinski definition) is 3. The molecule has 0 fully saturated rings. The number of rotatable bonds is 8. The zero-order chi connectivity index (χ0) is 15.2. The van der Waals surface area contributed by atoms with Crippen molar-refractivity contribution in [2.24, 2.45) is 0 Å². The molecule has 1 rings (SSSR count). The lowest BCUT2D eigenvalue weighted by molar-refractivity contribution is 0.445. The summed E-state index contributed by atoms with van der Waals surface area (Å²) in [4.78, 5) is 0.394. The number of hydrogen-bond donors (Lipinski definition) is 1. The molecule has 0 aliphatic heterocycles. The number of nitrogens with one attached hydrogen (secondary N) is 1. The van der Waals surface area contributed by atoms with E-state index in [4.69, 9.17) is 0 Å². The normalized spacial score (nSPS) is 15.0. The second kappa shape index (κ2) is 8.15. The highest BCUT2D eigenvalue weighted by Crippen LogP contribution is 2.28. The molecule has 5 heteroatoms. The minimum absolute atomic E-state index is 0.00658. The van der Waals surface area contributed by atoms with Gasteiger partial charge in [0.2, 0.25) is 0 Å². The Bertz CT molecular complexity index is 510. The molecule has 0 spiro atoms. The topological polar surface area (TPSA) is 46.2 Å². The molecule has 1 aromatic rings. The van der Waals surface area contributed by atoms with Crippen molar-refractivity contribution in [2.45, 2.75) is 56.2 Å². The SMILES string of the molecule is CCCC(NCC)C(CC)S(=O)(=O)c1ccccc1Br. The Labute approximate surface area is 131 Å². The van der Waals surface area contributed by atoms with Crippen LogP contribution < -0.4 is 5.32 Å². The number of benzene rings is 1. The molecule has 3 nitrogen and oxygen atoms in total. The van der Waals surface area contributed by atoms with Gasteiger partial charge in [-0.1, -0.05) is 39.3 Å². The molecule has 0 heterocycles. The van der Waals surface area contributed by atoms with Crippen LogP contribution in [0.5, 0.6) is 0 Å². The van der Waals surface area contributed by atoms with E-state index in [1.54, 1.807) is 18.2 Å². The van der Waals surface area contributed by atoms with Crippen LogP contribution in [0.2, 0.25) is 0 Å². The predicted molar refractivity (Wildman–Crippen MR) is 87.8 cm³/mol. The summed E-state index contributed by atoms with van der Waals surface area (Å²) in [5.41, 5.74) is 0. The predicted octanol–water partition coefficient (Wildman–Crippen LogP) is 3.78. The molecule has 0 amide bonds. The second-order valence-electron chi connectivity index (χ2n) is 4.87. The van der Waals surface area contributed by atoms with E-state index in [1.165, 1.54) is 0 Å². The van der Waals surface area contributed by atoms with Gasteiger partial charge in [-0.3, -0.25) is 0 Å². The lowest BCUT2D eigenvalue weighted by Crippen LogP contribution is -2.44.